The highest BCUT2D eigenvalue weighted by Gasteiger charge is 2.52. The molecule has 31 heavy (non-hydrogen) atoms. The van der Waals surface area contributed by atoms with E-state index in [0.717, 1.165) is 18.4 Å². The second kappa shape index (κ2) is 7.75. The van der Waals surface area contributed by atoms with E-state index in [1.165, 1.54) is 12.1 Å². The van der Waals surface area contributed by atoms with Gasteiger partial charge in [0.05, 0.1) is 6.04 Å². The van der Waals surface area contributed by atoms with Crippen LogP contribution >= 0.6 is 0 Å². The average Bonchev–Trinajstić information content (AvgIpc) is 3.48. The average molecular weight is 423 g/mol. The topological polar surface area (TPSA) is 60.9 Å². The first-order valence-corrected chi connectivity index (χ1v) is 11.1. The second-order valence-electron chi connectivity index (χ2n) is 9.20. The summed E-state index contributed by atoms with van der Waals surface area (Å²) in [5.74, 6) is -0.465. The molecule has 162 valence electrons. The normalized spacial score (nSPS) is 26.8. The van der Waals surface area contributed by atoms with Crippen LogP contribution in [0, 0.1) is 17.7 Å². The Morgan fingerprint density at radius 3 is 2.42 bits per heavy atom. The zero-order chi connectivity index (χ0) is 21.6. The highest BCUT2D eigenvalue weighted by molar-refractivity contribution is 5.94. The van der Waals surface area contributed by atoms with E-state index in [1.54, 1.807) is 23.1 Å². The zero-order valence-electron chi connectivity index (χ0n) is 17.4. The van der Waals surface area contributed by atoms with Crippen molar-refractivity contribution in [1.29, 1.82) is 0 Å². The molecule has 1 N–H and O–H groups in total. The first kappa shape index (κ1) is 20.2. The number of amides is 2. The summed E-state index contributed by atoms with van der Waals surface area (Å²) in [6, 6.07) is 15.3. The van der Waals surface area contributed by atoms with E-state index in [0.29, 0.717) is 38.0 Å². The SMILES string of the molecule is O=C(c1ccccc1)N1C[C@@H]2CN(C(=O)C3(O)CCCC3)C[C@@H]2[C@H]1c1cccc(F)c1. The number of halogens is 1. The summed E-state index contributed by atoms with van der Waals surface area (Å²) in [6.07, 6.45) is 2.77. The lowest BCUT2D eigenvalue weighted by molar-refractivity contribution is -0.150. The molecule has 6 heteroatoms. The van der Waals surface area contributed by atoms with Crippen LogP contribution < -0.4 is 0 Å². The third kappa shape index (κ3) is 3.53. The van der Waals surface area contributed by atoms with Gasteiger partial charge in [0.15, 0.2) is 0 Å². The van der Waals surface area contributed by atoms with Gasteiger partial charge in [-0.25, -0.2) is 4.39 Å². The van der Waals surface area contributed by atoms with Crippen LogP contribution in [0.2, 0.25) is 0 Å². The maximum absolute atomic E-state index is 14.1. The maximum atomic E-state index is 14.1. The number of likely N-dealkylation sites (tertiary alicyclic amines) is 2. The number of aliphatic hydroxyl groups is 1. The molecule has 0 radical (unpaired) electrons. The lowest BCUT2D eigenvalue weighted by Gasteiger charge is -2.32. The van der Waals surface area contributed by atoms with Crippen LogP contribution in [-0.4, -0.2) is 52.0 Å². The third-order valence-electron chi connectivity index (χ3n) is 7.25. The molecular formula is C25H27FN2O3. The number of carbonyl (C=O) groups excluding carboxylic acids is 2. The minimum Gasteiger partial charge on any atom is -0.380 e. The van der Waals surface area contributed by atoms with Crippen molar-refractivity contribution >= 4 is 11.8 Å². The van der Waals surface area contributed by atoms with Crippen LogP contribution in [-0.2, 0) is 4.79 Å². The van der Waals surface area contributed by atoms with Crippen molar-refractivity contribution < 1.29 is 19.1 Å². The third-order valence-corrected chi connectivity index (χ3v) is 7.25. The number of nitrogens with zero attached hydrogens (tertiary/aromatic N) is 2. The molecule has 0 aromatic heterocycles. The van der Waals surface area contributed by atoms with Gasteiger partial charge in [-0.3, -0.25) is 9.59 Å². The smallest absolute Gasteiger partial charge is 0.254 e. The quantitative estimate of drug-likeness (QED) is 0.825. The predicted octanol–water partition coefficient (Wildman–Crippen LogP) is 3.40. The highest BCUT2D eigenvalue weighted by atomic mass is 19.1. The van der Waals surface area contributed by atoms with Gasteiger partial charge in [0.1, 0.15) is 11.4 Å². The van der Waals surface area contributed by atoms with Crippen molar-refractivity contribution in [1.82, 2.24) is 9.80 Å². The molecule has 0 unspecified atom stereocenters. The molecule has 1 aliphatic carbocycles. The first-order chi connectivity index (χ1) is 15.0. The number of hydrogen-bond donors (Lipinski definition) is 1. The first-order valence-electron chi connectivity index (χ1n) is 11.1. The van der Waals surface area contributed by atoms with E-state index in [-0.39, 0.29) is 35.5 Å². The Labute approximate surface area is 181 Å². The van der Waals surface area contributed by atoms with Gasteiger partial charge in [-0.15, -0.1) is 0 Å². The van der Waals surface area contributed by atoms with Gasteiger partial charge in [0.2, 0.25) is 0 Å². The van der Waals surface area contributed by atoms with E-state index < -0.39 is 5.60 Å². The van der Waals surface area contributed by atoms with Gasteiger partial charge >= 0.3 is 0 Å². The van der Waals surface area contributed by atoms with Crippen LogP contribution in [0.5, 0.6) is 0 Å². The fraction of sp³-hybridized carbons (Fsp3) is 0.440. The maximum Gasteiger partial charge on any atom is 0.254 e. The summed E-state index contributed by atoms with van der Waals surface area (Å²) < 4.78 is 14.1. The molecule has 2 aromatic carbocycles. The van der Waals surface area contributed by atoms with E-state index in [4.69, 9.17) is 0 Å². The standard InChI is InChI=1S/C25H27FN2O3/c26-20-10-6-9-18(13-20)22-21-16-27(24(30)25(31)11-4-5-12-25)14-19(21)15-28(22)23(29)17-7-2-1-3-8-17/h1-3,6-10,13,19,21-22,31H,4-5,11-12,14-16H2/t19-,21-,22+/m0/s1. The molecule has 3 atom stereocenters. The van der Waals surface area contributed by atoms with Gasteiger partial charge in [0, 0.05) is 37.0 Å². The van der Waals surface area contributed by atoms with Gasteiger partial charge in [-0.1, -0.05) is 30.3 Å². The Morgan fingerprint density at radius 1 is 0.968 bits per heavy atom. The molecular weight excluding hydrogens is 395 g/mol. The van der Waals surface area contributed by atoms with Crippen molar-refractivity contribution in [2.24, 2.45) is 11.8 Å². The lowest BCUT2D eigenvalue weighted by atomic mass is 9.89. The Bertz CT molecular complexity index is 989. The fourth-order valence-electron chi connectivity index (χ4n) is 5.75. The van der Waals surface area contributed by atoms with Gasteiger partial charge in [-0.2, -0.15) is 0 Å². The number of carbonyl (C=O) groups is 2. The number of benzene rings is 2. The van der Waals surface area contributed by atoms with Crippen molar-refractivity contribution in [3.05, 3.63) is 71.5 Å². The van der Waals surface area contributed by atoms with Crippen molar-refractivity contribution in [3.63, 3.8) is 0 Å². The summed E-state index contributed by atoms with van der Waals surface area (Å²) in [4.78, 5) is 30.0. The van der Waals surface area contributed by atoms with E-state index >= 15 is 0 Å². The zero-order valence-corrected chi connectivity index (χ0v) is 17.4. The van der Waals surface area contributed by atoms with Crippen LogP contribution in [0.25, 0.3) is 0 Å². The lowest BCUT2D eigenvalue weighted by Crippen LogP contribution is -2.47. The highest BCUT2D eigenvalue weighted by Crippen LogP contribution is 2.46. The minimum absolute atomic E-state index is 0.0171. The largest absolute Gasteiger partial charge is 0.380 e. The molecule has 3 aliphatic rings. The van der Waals surface area contributed by atoms with Crippen LogP contribution in [0.4, 0.5) is 4.39 Å². The Hall–Kier alpha value is -2.73. The molecule has 2 amide bonds. The molecule has 1 saturated carbocycles. The Kier molecular flexibility index (Phi) is 5.05. The van der Waals surface area contributed by atoms with Crippen LogP contribution in [0.15, 0.2) is 54.6 Å². The summed E-state index contributed by atoms with van der Waals surface area (Å²) >= 11 is 0. The van der Waals surface area contributed by atoms with Crippen molar-refractivity contribution in [2.45, 2.75) is 37.3 Å². The summed E-state index contributed by atoms with van der Waals surface area (Å²) in [5.41, 5.74) is 0.120. The summed E-state index contributed by atoms with van der Waals surface area (Å²) in [5, 5.41) is 10.8. The number of fused-ring (bicyclic) bond motifs is 1. The monoisotopic (exact) mass is 422 g/mol. The number of rotatable bonds is 3. The molecule has 2 heterocycles. The van der Waals surface area contributed by atoms with Gasteiger partial charge < -0.3 is 14.9 Å². The number of hydrogen-bond acceptors (Lipinski definition) is 3. The molecule has 0 bridgehead atoms. The van der Waals surface area contributed by atoms with E-state index in [9.17, 15) is 19.1 Å². The van der Waals surface area contributed by atoms with E-state index in [2.05, 4.69) is 0 Å². The second-order valence-corrected chi connectivity index (χ2v) is 9.20. The molecule has 0 spiro atoms. The molecule has 5 nitrogen and oxygen atoms in total. The predicted molar refractivity (Wildman–Crippen MR) is 114 cm³/mol. The molecule has 2 aliphatic heterocycles. The Balaban J connectivity index is 1.44. The Morgan fingerprint density at radius 2 is 1.71 bits per heavy atom. The van der Waals surface area contributed by atoms with Crippen molar-refractivity contribution in [3.8, 4) is 0 Å². The van der Waals surface area contributed by atoms with Crippen LogP contribution in [0.3, 0.4) is 0 Å². The summed E-state index contributed by atoms with van der Waals surface area (Å²) in [7, 11) is 0. The molecule has 5 rings (SSSR count). The van der Waals surface area contributed by atoms with E-state index in [1.807, 2.05) is 29.2 Å². The van der Waals surface area contributed by atoms with Gasteiger partial charge in [-0.05, 0) is 55.5 Å². The van der Waals surface area contributed by atoms with Crippen molar-refractivity contribution in [2.75, 3.05) is 19.6 Å². The molecule has 3 fully saturated rings. The molecule has 2 saturated heterocycles. The molecule has 2 aromatic rings. The van der Waals surface area contributed by atoms with Gasteiger partial charge in [0.25, 0.3) is 11.8 Å². The van der Waals surface area contributed by atoms with Crippen LogP contribution in [0.1, 0.15) is 47.6 Å². The minimum atomic E-state index is -1.24. The summed E-state index contributed by atoms with van der Waals surface area (Å²) in [6.45, 7) is 1.52. The fourth-order valence-corrected chi connectivity index (χ4v) is 5.75.